The Balaban J connectivity index is 2.12. The Morgan fingerprint density at radius 3 is 2.17 bits per heavy atom. The van der Waals surface area contributed by atoms with Crippen LogP contribution in [0.25, 0.3) is 0 Å². The number of carbonyl (C=O) groups excluding carboxylic acids is 2. The quantitative estimate of drug-likeness (QED) is 0.353. The van der Waals surface area contributed by atoms with Crippen molar-refractivity contribution in [1.82, 2.24) is 10.2 Å². The molecule has 3 rings (SSSR count). The Labute approximate surface area is 234 Å². The molecular formula is C29H34FN3O6S. The standard InChI is InChI=1S/C29H34FN3O6S/c1-20(2)31-29(35)21(3)32(18-22-11-9-10-14-25(22)30)28(34)19-33(40(36,37)24-12-7-6-8-13-24)26-17-23(38-4)15-16-27(26)39-5/h6-17,20-21H,18-19H2,1-5H3,(H,31,35)/t21-/m0/s1. The van der Waals surface area contributed by atoms with Gasteiger partial charge in [0.25, 0.3) is 10.0 Å². The van der Waals surface area contributed by atoms with E-state index in [-0.39, 0.29) is 34.5 Å². The van der Waals surface area contributed by atoms with Gasteiger partial charge in [0.1, 0.15) is 29.9 Å². The number of methoxy groups -OCH3 is 2. The SMILES string of the molecule is COc1ccc(OC)c(N(CC(=O)N(Cc2ccccc2F)[C@@H](C)C(=O)NC(C)C)S(=O)(=O)c2ccccc2)c1. The topological polar surface area (TPSA) is 105 Å². The smallest absolute Gasteiger partial charge is 0.264 e. The van der Waals surface area contributed by atoms with Crippen LogP contribution < -0.4 is 19.1 Å². The number of amides is 2. The third-order valence-corrected chi connectivity index (χ3v) is 7.94. The molecule has 0 radical (unpaired) electrons. The average molecular weight is 572 g/mol. The van der Waals surface area contributed by atoms with Crippen LogP contribution in [-0.2, 0) is 26.2 Å². The minimum Gasteiger partial charge on any atom is -0.497 e. The van der Waals surface area contributed by atoms with Crippen LogP contribution in [0.15, 0.2) is 77.7 Å². The number of ether oxygens (including phenoxy) is 2. The van der Waals surface area contributed by atoms with Crippen molar-refractivity contribution in [3.8, 4) is 11.5 Å². The van der Waals surface area contributed by atoms with Crippen LogP contribution in [0, 0.1) is 5.82 Å². The summed E-state index contributed by atoms with van der Waals surface area (Å²) in [6.45, 7) is 4.10. The van der Waals surface area contributed by atoms with E-state index in [4.69, 9.17) is 9.47 Å². The van der Waals surface area contributed by atoms with E-state index in [2.05, 4.69) is 5.32 Å². The number of hydrogen-bond acceptors (Lipinski definition) is 6. The maximum atomic E-state index is 14.6. The molecule has 1 N–H and O–H groups in total. The summed E-state index contributed by atoms with van der Waals surface area (Å²) in [7, 11) is -1.50. The molecule has 0 aliphatic rings. The number of carbonyl (C=O) groups is 2. The van der Waals surface area contributed by atoms with E-state index in [9.17, 15) is 22.4 Å². The van der Waals surface area contributed by atoms with E-state index in [1.54, 1.807) is 44.2 Å². The molecule has 1 atom stereocenters. The zero-order valence-corrected chi connectivity index (χ0v) is 23.9. The molecule has 2 amide bonds. The van der Waals surface area contributed by atoms with Crippen molar-refractivity contribution in [2.45, 2.75) is 44.3 Å². The van der Waals surface area contributed by atoms with Gasteiger partial charge in [0.2, 0.25) is 11.8 Å². The predicted octanol–water partition coefficient (Wildman–Crippen LogP) is 3.98. The molecule has 0 aliphatic heterocycles. The number of sulfonamides is 1. The predicted molar refractivity (Wildman–Crippen MR) is 150 cm³/mol. The van der Waals surface area contributed by atoms with Gasteiger partial charge in [-0.15, -0.1) is 0 Å². The summed E-state index contributed by atoms with van der Waals surface area (Å²) >= 11 is 0. The summed E-state index contributed by atoms with van der Waals surface area (Å²) in [6, 6.07) is 16.9. The molecule has 0 fully saturated rings. The number of rotatable bonds is 12. The minimum absolute atomic E-state index is 0.0565. The molecule has 0 unspecified atom stereocenters. The molecule has 40 heavy (non-hydrogen) atoms. The second kappa shape index (κ2) is 13.3. The molecule has 0 spiro atoms. The molecule has 0 heterocycles. The molecule has 0 bridgehead atoms. The van der Waals surface area contributed by atoms with Gasteiger partial charge in [-0.25, -0.2) is 12.8 Å². The number of benzene rings is 3. The second-order valence-electron chi connectivity index (χ2n) is 9.31. The molecule has 11 heteroatoms. The fourth-order valence-electron chi connectivity index (χ4n) is 4.02. The Morgan fingerprint density at radius 2 is 1.57 bits per heavy atom. The van der Waals surface area contributed by atoms with E-state index >= 15 is 0 Å². The van der Waals surface area contributed by atoms with E-state index in [0.717, 1.165) is 9.21 Å². The normalized spacial score (nSPS) is 12.0. The molecule has 3 aromatic carbocycles. The molecule has 214 valence electrons. The summed E-state index contributed by atoms with van der Waals surface area (Å²) in [4.78, 5) is 28.0. The average Bonchev–Trinajstić information content (AvgIpc) is 2.94. The fraction of sp³-hybridized carbons (Fsp3) is 0.310. The fourth-order valence-corrected chi connectivity index (χ4v) is 5.46. The third kappa shape index (κ3) is 7.09. The van der Waals surface area contributed by atoms with Crippen LogP contribution in [0.3, 0.4) is 0 Å². The van der Waals surface area contributed by atoms with Gasteiger partial charge in [0, 0.05) is 24.2 Å². The lowest BCUT2D eigenvalue weighted by Crippen LogP contribution is -2.52. The van der Waals surface area contributed by atoms with Crippen LogP contribution >= 0.6 is 0 Å². The number of nitrogens with one attached hydrogen (secondary N) is 1. The first-order valence-electron chi connectivity index (χ1n) is 12.6. The Morgan fingerprint density at radius 1 is 0.925 bits per heavy atom. The van der Waals surface area contributed by atoms with Crippen LogP contribution in [0.4, 0.5) is 10.1 Å². The molecular weight excluding hydrogens is 537 g/mol. The third-order valence-electron chi connectivity index (χ3n) is 6.16. The molecule has 0 aliphatic carbocycles. The largest absolute Gasteiger partial charge is 0.497 e. The van der Waals surface area contributed by atoms with Crippen molar-refractivity contribution in [1.29, 1.82) is 0 Å². The van der Waals surface area contributed by atoms with E-state index in [0.29, 0.717) is 5.75 Å². The Hall–Kier alpha value is -4.12. The zero-order chi connectivity index (χ0) is 29.4. The van der Waals surface area contributed by atoms with Crippen LogP contribution in [-0.4, -0.2) is 58.0 Å². The zero-order valence-electron chi connectivity index (χ0n) is 23.1. The first-order chi connectivity index (χ1) is 19.0. The second-order valence-corrected chi connectivity index (χ2v) is 11.2. The summed E-state index contributed by atoms with van der Waals surface area (Å²) in [5.74, 6) is -1.22. The van der Waals surface area contributed by atoms with Crippen molar-refractivity contribution in [2.24, 2.45) is 0 Å². The van der Waals surface area contributed by atoms with Crippen LogP contribution in [0.5, 0.6) is 11.5 Å². The summed E-state index contributed by atoms with van der Waals surface area (Å²) in [6.07, 6.45) is 0. The van der Waals surface area contributed by atoms with Gasteiger partial charge in [-0.1, -0.05) is 36.4 Å². The first-order valence-corrected chi connectivity index (χ1v) is 14.1. The highest BCUT2D eigenvalue weighted by molar-refractivity contribution is 7.92. The van der Waals surface area contributed by atoms with Crippen LogP contribution in [0.2, 0.25) is 0 Å². The van der Waals surface area contributed by atoms with Gasteiger partial charge >= 0.3 is 0 Å². The summed E-state index contributed by atoms with van der Waals surface area (Å²) in [5, 5.41) is 2.76. The Kier molecular flexibility index (Phi) is 10.1. The summed E-state index contributed by atoms with van der Waals surface area (Å²) in [5.41, 5.74) is 0.237. The molecule has 9 nitrogen and oxygen atoms in total. The van der Waals surface area contributed by atoms with Gasteiger partial charge in [0.05, 0.1) is 24.8 Å². The number of anilines is 1. The number of nitrogens with zero attached hydrogens (tertiary/aromatic N) is 2. The van der Waals surface area contributed by atoms with Crippen molar-refractivity contribution < 1.29 is 31.9 Å². The highest BCUT2D eigenvalue weighted by Gasteiger charge is 2.34. The van der Waals surface area contributed by atoms with E-state index in [1.807, 2.05) is 0 Å². The van der Waals surface area contributed by atoms with Gasteiger partial charge in [0.15, 0.2) is 0 Å². The lowest BCUT2D eigenvalue weighted by Gasteiger charge is -2.32. The monoisotopic (exact) mass is 571 g/mol. The van der Waals surface area contributed by atoms with E-state index < -0.39 is 40.2 Å². The lowest BCUT2D eigenvalue weighted by molar-refractivity contribution is -0.139. The lowest BCUT2D eigenvalue weighted by atomic mass is 10.1. The first kappa shape index (κ1) is 30.4. The van der Waals surface area contributed by atoms with E-state index in [1.165, 1.54) is 63.6 Å². The Bertz CT molecular complexity index is 1430. The number of halogens is 1. The van der Waals surface area contributed by atoms with Gasteiger partial charge in [-0.05, 0) is 51.1 Å². The van der Waals surface area contributed by atoms with Crippen molar-refractivity contribution in [3.63, 3.8) is 0 Å². The van der Waals surface area contributed by atoms with Crippen molar-refractivity contribution in [3.05, 3.63) is 84.2 Å². The molecule has 0 aromatic heterocycles. The molecule has 0 saturated heterocycles. The number of hydrogen-bond donors (Lipinski definition) is 1. The molecule has 0 saturated carbocycles. The van der Waals surface area contributed by atoms with Gasteiger partial charge in [-0.3, -0.25) is 13.9 Å². The van der Waals surface area contributed by atoms with Gasteiger partial charge in [-0.2, -0.15) is 0 Å². The van der Waals surface area contributed by atoms with Crippen molar-refractivity contribution >= 4 is 27.5 Å². The van der Waals surface area contributed by atoms with Gasteiger partial charge < -0.3 is 19.7 Å². The minimum atomic E-state index is -4.31. The van der Waals surface area contributed by atoms with Crippen LogP contribution in [0.1, 0.15) is 26.3 Å². The highest BCUT2D eigenvalue weighted by Crippen LogP contribution is 2.36. The highest BCUT2D eigenvalue weighted by atomic mass is 32.2. The maximum absolute atomic E-state index is 14.6. The molecule has 3 aromatic rings. The van der Waals surface area contributed by atoms with Crippen molar-refractivity contribution in [2.75, 3.05) is 25.1 Å². The summed E-state index contributed by atoms with van der Waals surface area (Å²) < 4.78 is 54.2. The maximum Gasteiger partial charge on any atom is 0.264 e.